The first kappa shape index (κ1) is 18.0. The molecule has 4 nitrogen and oxygen atoms in total. The molecule has 0 saturated heterocycles. The van der Waals surface area contributed by atoms with Crippen molar-refractivity contribution in [2.75, 3.05) is 19.5 Å². The Morgan fingerprint density at radius 1 is 1.04 bits per heavy atom. The van der Waals surface area contributed by atoms with Gasteiger partial charge in [-0.15, -0.1) is 0 Å². The minimum atomic E-state index is -0.234. The Hall–Kier alpha value is -2.85. The Morgan fingerprint density at radius 3 is 2.46 bits per heavy atom. The first-order valence-corrected chi connectivity index (χ1v) is 8.69. The fourth-order valence-electron chi connectivity index (χ4n) is 2.89. The molecule has 4 heteroatoms. The zero-order chi connectivity index (χ0) is 18.5. The van der Waals surface area contributed by atoms with E-state index in [1.165, 1.54) is 5.56 Å². The lowest BCUT2D eigenvalue weighted by atomic mass is 10.1. The first-order chi connectivity index (χ1) is 12.6. The number of hydrogen-bond donors (Lipinski definition) is 1. The molecular formula is C22H24N2O2. The second-order valence-corrected chi connectivity index (χ2v) is 6.49. The molecule has 0 aliphatic rings. The van der Waals surface area contributed by atoms with Gasteiger partial charge in [-0.3, -0.25) is 9.69 Å². The molecule has 1 atom stereocenters. The van der Waals surface area contributed by atoms with Crippen molar-refractivity contribution in [3.05, 3.63) is 72.3 Å². The van der Waals surface area contributed by atoms with Crippen LogP contribution in [-0.2, 0) is 11.3 Å². The number of nitrogens with one attached hydrogen (secondary N) is 1. The number of ether oxygens (including phenoxy) is 1. The average Bonchev–Trinajstić information content (AvgIpc) is 2.67. The van der Waals surface area contributed by atoms with E-state index in [4.69, 9.17) is 4.74 Å². The lowest BCUT2D eigenvalue weighted by molar-refractivity contribution is -0.120. The van der Waals surface area contributed by atoms with E-state index < -0.39 is 0 Å². The van der Waals surface area contributed by atoms with Crippen molar-refractivity contribution in [3.8, 4) is 5.75 Å². The summed E-state index contributed by atoms with van der Waals surface area (Å²) in [5.41, 5.74) is 1.99. The summed E-state index contributed by atoms with van der Waals surface area (Å²) in [7, 11) is 3.64. The van der Waals surface area contributed by atoms with Crippen molar-refractivity contribution < 1.29 is 9.53 Å². The van der Waals surface area contributed by atoms with E-state index in [-0.39, 0.29) is 11.9 Å². The molecule has 0 aliphatic carbocycles. The summed E-state index contributed by atoms with van der Waals surface area (Å²) >= 11 is 0. The van der Waals surface area contributed by atoms with Gasteiger partial charge in [-0.05, 0) is 60.6 Å². The fourth-order valence-corrected chi connectivity index (χ4v) is 2.89. The highest BCUT2D eigenvalue weighted by Crippen LogP contribution is 2.22. The van der Waals surface area contributed by atoms with Crippen LogP contribution in [0.5, 0.6) is 5.75 Å². The van der Waals surface area contributed by atoms with Gasteiger partial charge in [0.05, 0.1) is 13.2 Å². The lowest BCUT2D eigenvalue weighted by Gasteiger charge is -2.24. The minimum absolute atomic E-state index is 0.00998. The van der Waals surface area contributed by atoms with Crippen molar-refractivity contribution >= 4 is 22.4 Å². The van der Waals surface area contributed by atoms with E-state index in [1.54, 1.807) is 7.11 Å². The van der Waals surface area contributed by atoms with Gasteiger partial charge in [0.1, 0.15) is 5.75 Å². The summed E-state index contributed by atoms with van der Waals surface area (Å²) in [4.78, 5) is 14.5. The molecule has 0 aliphatic heterocycles. The summed E-state index contributed by atoms with van der Waals surface area (Å²) in [5, 5.41) is 5.27. The Morgan fingerprint density at radius 2 is 1.73 bits per heavy atom. The second-order valence-electron chi connectivity index (χ2n) is 6.49. The fraction of sp³-hybridized carbons (Fsp3) is 0.227. The Kier molecular flexibility index (Phi) is 5.54. The monoisotopic (exact) mass is 348 g/mol. The highest BCUT2D eigenvalue weighted by atomic mass is 16.5. The maximum atomic E-state index is 12.5. The third kappa shape index (κ3) is 4.21. The molecule has 0 aromatic heterocycles. The largest absolute Gasteiger partial charge is 0.497 e. The topological polar surface area (TPSA) is 41.6 Å². The number of benzene rings is 3. The molecule has 0 radical (unpaired) electrons. The van der Waals surface area contributed by atoms with Crippen molar-refractivity contribution in [1.82, 2.24) is 4.90 Å². The van der Waals surface area contributed by atoms with Gasteiger partial charge in [-0.2, -0.15) is 0 Å². The number of carbonyl (C=O) groups is 1. The van der Waals surface area contributed by atoms with E-state index >= 15 is 0 Å². The van der Waals surface area contributed by atoms with Crippen LogP contribution < -0.4 is 10.1 Å². The number of hydrogen-bond acceptors (Lipinski definition) is 3. The van der Waals surface area contributed by atoms with Gasteiger partial charge >= 0.3 is 0 Å². The molecular weight excluding hydrogens is 324 g/mol. The number of fused-ring (bicyclic) bond motifs is 1. The molecule has 1 amide bonds. The standard InChI is InChI=1S/C22H24N2O2/c1-16(22(25)23-20-7-5-4-6-8-20)24(2)15-17-9-10-19-14-21(26-3)12-11-18(19)13-17/h4-14,16H,15H2,1-3H3,(H,23,25)/t16-/m0/s1. The maximum Gasteiger partial charge on any atom is 0.241 e. The van der Waals surface area contributed by atoms with E-state index in [2.05, 4.69) is 29.6 Å². The van der Waals surface area contributed by atoms with E-state index in [1.807, 2.05) is 61.3 Å². The van der Waals surface area contributed by atoms with Crippen molar-refractivity contribution in [3.63, 3.8) is 0 Å². The van der Waals surface area contributed by atoms with E-state index in [9.17, 15) is 4.79 Å². The van der Waals surface area contributed by atoms with Crippen LogP contribution in [0.15, 0.2) is 66.7 Å². The molecule has 3 aromatic carbocycles. The zero-order valence-electron chi connectivity index (χ0n) is 15.4. The number of carbonyl (C=O) groups excluding carboxylic acids is 1. The summed E-state index contributed by atoms with van der Waals surface area (Å²) in [6, 6.07) is 21.7. The van der Waals surface area contributed by atoms with Gasteiger partial charge in [0.15, 0.2) is 0 Å². The molecule has 3 rings (SSSR count). The number of para-hydroxylation sites is 1. The molecule has 0 heterocycles. The minimum Gasteiger partial charge on any atom is -0.497 e. The number of nitrogens with zero attached hydrogens (tertiary/aromatic N) is 1. The van der Waals surface area contributed by atoms with Crippen molar-refractivity contribution in [1.29, 1.82) is 0 Å². The predicted molar refractivity (Wildman–Crippen MR) is 107 cm³/mol. The van der Waals surface area contributed by atoms with Gasteiger partial charge in [0, 0.05) is 12.2 Å². The Balaban J connectivity index is 1.67. The molecule has 0 fully saturated rings. The summed E-state index contributed by atoms with van der Waals surface area (Å²) < 4.78 is 5.27. The summed E-state index contributed by atoms with van der Waals surface area (Å²) in [6.45, 7) is 2.62. The normalized spacial score (nSPS) is 12.2. The number of methoxy groups -OCH3 is 1. The molecule has 134 valence electrons. The maximum absolute atomic E-state index is 12.5. The molecule has 3 aromatic rings. The Labute approximate surface area is 154 Å². The molecule has 1 N–H and O–H groups in total. The lowest BCUT2D eigenvalue weighted by Crippen LogP contribution is -2.39. The number of amides is 1. The van der Waals surface area contributed by atoms with Crippen LogP contribution in [0.4, 0.5) is 5.69 Å². The predicted octanol–water partition coefficient (Wildman–Crippen LogP) is 4.31. The first-order valence-electron chi connectivity index (χ1n) is 8.69. The average molecular weight is 348 g/mol. The van der Waals surface area contributed by atoms with E-state index in [0.29, 0.717) is 6.54 Å². The second kappa shape index (κ2) is 8.02. The van der Waals surface area contributed by atoms with Crippen LogP contribution in [0.25, 0.3) is 10.8 Å². The molecule has 0 spiro atoms. The Bertz CT molecular complexity index is 893. The number of likely N-dealkylation sites (N-methyl/N-ethyl adjacent to an activating group) is 1. The highest BCUT2D eigenvalue weighted by Gasteiger charge is 2.18. The van der Waals surface area contributed by atoms with Gasteiger partial charge in [-0.25, -0.2) is 0 Å². The summed E-state index contributed by atoms with van der Waals surface area (Å²) in [5.74, 6) is 0.845. The third-order valence-electron chi connectivity index (χ3n) is 4.63. The number of rotatable bonds is 6. The molecule has 26 heavy (non-hydrogen) atoms. The SMILES string of the molecule is COc1ccc2cc(CN(C)[C@@H](C)C(=O)Nc3ccccc3)ccc2c1. The quantitative estimate of drug-likeness (QED) is 0.722. The van der Waals surface area contributed by atoms with Crippen LogP contribution in [0.3, 0.4) is 0 Å². The number of anilines is 1. The van der Waals surface area contributed by atoms with Crippen molar-refractivity contribution in [2.45, 2.75) is 19.5 Å². The van der Waals surface area contributed by atoms with Crippen LogP contribution >= 0.6 is 0 Å². The molecule has 0 saturated carbocycles. The highest BCUT2D eigenvalue weighted by molar-refractivity contribution is 5.94. The van der Waals surface area contributed by atoms with Crippen LogP contribution in [-0.4, -0.2) is 31.0 Å². The van der Waals surface area contributed by atoms with Gasteiger partial charge in [-0.1, -0.05) is 36.4 Å². The van der Waals surface area contributed by atoms with Gasteiger partial charge in [0.2, 0.25) is 5.91 Å². The smallest absolute Gasteiger partial charge is 0.241 e. The third-order valence-corrected chi connectivity index (χ3v) is 4.63. The van der Waals surface area contributed by atoms with Crippen LogP contribution in [0.1, 0.15) is 12.5 Å². The van der Waals surface area contributed by atoms with Crippen molar-refractivity contribution in [2.24, 2.45) is 0 Å². The van der Waals surface area contributed by atoms with E-state index in [0.717, 1.165) is 22.2 Å². The summed E-state index contributed by atoms with van der Waals surface area (Å²) in [6.07, 6.45) is 0. The molecule has 0 unspecified atom stereocenters. The van der Waals surface area contributed by atoms with Crippen LogP contribution in [0.2, 0.25) is 0 Å². The van der Waals surface area contributed by atoms with Gasteiger partial charge in [0.25, 0.3) is 0 Å². The van der Waals surface area contributed by atoms with Crippen LogP contribution in [0, 0.1) is 0 Å². The van der Waals surface area contributed by atoms with Gasteiger partial charge < -0.3 is 10.1 Å². The molecule has 0 bridgehead atoms. The zero-order valence-corrected chi connectivity index (χ0v) is 15.4.